The fraction of sp³-hybridized carbons (Fsp3) is 0.500. The van der Waals surface area contributed by atoms with Crippen LogP contribution in [-0.4, -0.2) is 27.1 Å². The van der Waals surface area contributed by atoms with Crippen molar-refractivity contribution in [3.05, 3.63) is 11.9 Å². The van der Waals surface area contributed by atoms with Crippen molar-refractivity contribution in [3.63, 3.8) is 0 Å². The molecule has 0 N–H and O–H groups in total. The van der Waals surface area contributed by atoms with Crippen molar-refractivity contribution in [1.82, 2.24) is 20.0 Å². The zero-order valence-corrected chi connectivity index (χ0v) is 9.35. The topological polar surface area (TPSA) is 52.8 Å². The number of hydrogen-bond donors (Lipinski definition) is 0. The molecule has 0 aliphatic rings. The highest BCUT2D eigenvalue weighted by atomic mass is 16.5. The molecule has 80 valence electrons. The molecule has 15 heavy (non-hydrogen) atoms. The summed E-state index contributed by atoms with van der Waals surface area (Å²) in [6.45, 7) is 4.20. The third-order valence-corrected chi connectivity index (χ3v) is 2.40. The van der Waals surface area contributed by atoms with Crippen LogP contribution < -0.4 is 4.74 Å². The van der Waals surface area contributed by atoms with E-state index in [0.717, 1.165) is 16.6 Å². The summed E-state index contributed by atoms with van der Waals surface area (Å²) in [4.78, 5) is 0. The van der Waals surface area contributed by atoms with Crippen molar-refractivity contribution in [1.29, 1.82) is 0 Å². The van der Waals surface area contributed by atoms with Gasteiger partial charge >= 0.3 is 0 Å². The van der Waals surface area contributed by atoms with Gasteiger partial charge in [-0.1, -0.05) is 13.8 Å². The molecule has 2 heterocycles. The lowest BCUT2D eigenvalue weighted by Gasteiger charge is -2.02. The van der Waals surface area contributed by atoms with Crippen molar-refractivity contribution in [2.75, 3.05) is 7.11 Å². The minimum atomic E-state index is 0.340. The van der Waals surface area contributed by atoms with E-state index in [2.05, 4.69) is 29.1 Å². The van der Waals surface area contributed by atoms with Crippen molar-refractivity contribution in [2.24, 2.45) is 7.05 Å². The second-order valence-corrected chi connectivity index (χ2v) is 3.78. The van der Waals surface area contributed by atoms with Crippen molar-refractivity contribution in [3.8, 4) is 5.88 Å². The Labute approximate surface area is 88.1 Å². The van der Waals surface area contributed by atoms with Gasteiger partial charge in [-0.2, -0.15) is 10.2 Å². The lowest BCUT2D eigenvalue weighted by molar-refractivity contribution is 0.397. The lowest BCUT2D eigenvalue weighted by Crippen LogP contribution is -1.94. The third-order valence-electron chi connectivity index (χ3n) is 2.40. The zero-order chi connectivity index (χ0) is 11.0. The summed E-state index contributed by atoms with van der Waals surface area (Å²) >= 11 is 0. The van der Waals surface area contributed by atoms with E-state index in [-0.39, 0.29) is 0 Å². The summed E-state index contributed by atoms with van der Waals surface area (Å²) in [7, 11) is 3.50. The molecule has 0 saturated heterocycles. The van der Waals surface area contributed by atoms with E-state index in [0.29, 0.717) is 11.8 Å². The fourth-order valence-electron chi connectivity index (χ4n) is 1.66. The molecule has 2 aromatic rings. The first kappa shape index (κ1) is 9.89. The number of fused-ring (bicyclic) bond motifs is 1. The van der Waals surface area contributed by atoms with Gasteiger partial charge in [-0.25, -0.2) is 0 Å². The normalized spacial score (nSPS) is 11.3. The molecule has 0 atom stereocenters. The first-order chi connectivity index (χ1) is 7.15. The number of aromatic nitrogens is 4. The SMILES string of the molecule is COc1nncc2c1c(C(C)C)nn2C. The Morgan fingerprint density at radius 2 is 2.13 bits per heavy atom. The van der Waals surface area contributed by atoms with Crippen LogP contribution in [0.2, 0.25) is 0 Å². The predicted molar refractivity (Wildman–Crippen MR) is 56.9 cm³/mol. The molecule has 0 aliphatic carbocycles. The molecule has 0 unspecified atom stereocenters. The summed E-state index contributed by atoms with van der Waals surface area (Å²) in [6, 6.07) is 0. The molecule has 0 fully saturated rings. The Morgan fingerprint density at radius 3 is 2.73 bits per heavy atom. The van der Waals surface area contributed by atoms with Gasteiger partial charge in [-0.15, -0.1) is 5.10 Å². The number of nitrogens with zero attached hydrogens (tertiary/aromatic N) is 4. The summed E-state index contributed by atoms with van der Waals surface area (Å²) in [6.07, 6.45) is 1.71. The van der Waals surface area contributed by atoms with Gasteiger partial charge < -0.3 is 4.74 Å². The minimum Gasteiger partial charge on any atom is -0.479 e. The molecule has 0 saturated carbocycles. The third kappa shape index (κ3) is 1.44. The van der Waals surface area contributed by atoms with E-state index in [1.54, 1.807) is 13.3 Å². The van der Waals surface area contributed by atoms with Crippen LogP contribution in [0.15, 0.2) is 6.20 Å². The molecule has 0 aromatic carbocycles. The first-order valence-electron chi connectivity index (χ1n) is 4.87. The Hall–Kier alpha value is -1.65. The van der Waals surface area contributed by atoms with Crippen molar-refractivity contribution >= 4 is 10.9 Å². The van der Waals surface area contributed by atoms with E-state index in [4.69, 9.17) is 4.74 Å². The fourth-order valence-corrected chi connectivity index (χ4v) is 1.66. The molecular formula is C10H14N4O. The Balaban J connectivity index is 2.82. The highest BCUT2D eigenvalue weighted by Gasteiger charge is 2.17. The van der Waals surface area contributed by atoms with Crippen molar-refractivity contribution in [2.45, 2.75) is 19.8 Å². The monoisotopic (exact) mass is 206 g/mol. The summed E-state index contributed by atoms with van der Waals surface area (Å²) in [5.74, 6) is 0.885. The molecule has 2 aromatic heterocycles. The number of rotatable bonds is 2. The van der Waals surface area contributed by atoms with Gasteiger partial charge in [-0.3, -0.25) is 4.68 Å². The number of hydrogen-bond acceptors (Lipinski definition) is 4. The number of ether oxygens (including phenoxy) is 1. The van der Waals surface area contributed by atoms with Gasteiger partial charge in [0.25, 0.3) is 0 Å². The molecule has 0 spiro atoms. The summed E-state index contributed by atoms with van der Waals surface area (Å²) < 4.78 is 7.01. The van der Waals surface area contributed by atoms with Gasteiger partial charge in [0, 0.05) is 7.05 Å². The van der Waals surface area contributed by atoms with Crippen LogP contribution in [-0.2, 0) is 7.05 Å². The van der Waals surface area contributed by atoms with E-state index in [1.165, 1.54) is 0 Å². The Morgan fingerprint density at radius 1 is 1.40 bits per heavy atom. The number of aryl methyl sites for hydroxylation is 1. The van der Waals surface area contributed by atoms with Crippen LogP contribution in [0.1, 0.15) is 25.5 Å². The average molecular weight is 206 g/mol. The van der Waals surface area contributed by atoms with E-state index in [9.17, 15) is 0 Å². The van der Waals surface area contributed by atoms with Crippen molar-refractivity contribution < 1.29 is 4.74 Å². The van der Waals surface area contributed by atoms with Gasteiger partial charge in [0.05, 0.1) is 29.9 Å². The highest BCUT2D eigenvalue weighted by molar-refractivity contribution is 5.86. The second kappa shape index (κ2) is 3.49. The van der Waals surface area contributed by atoms with E-state index in [1.807, 2.05) is 11.7 Å². The standard InChI is InChI=1S/C10H14N4O/c1-6(2)9-8-7(14(3)13-9)5-11-12-10(8)15-4/h5-6H,1-4H3. The lowest BCUT2D eigenvalue weighted by atomic mass is 10.1. The smallest absolute Gasteiger partial charge is 0.244 e. The Kier molecular flexibility index (Phi) is 2.30. The van der Waals surface area contributed by atoms with Gasteiger partial charge in [0.15, 0.2) is 0 Å². The zero-order valence-electron chi connectivity index (χ0n) is 9.35. The average Bonchev–Trinajstić information content (AvgIpc) is 2.56. The first-order valence-corrected chi connectivity index (χ1v) is 4.87. The van der Waals surface area contributed by atoms with Gasteiger partial charge in [0.1, 0.15) is 0 Å². The maximum atomic E-state index is 5.20. The van der Waals surface area contributed by atoms with E-state index < -0.39 is 0 Å². The highest BCUT2D eigenvalue weighted by Crippen LogP contribution is 2.29. The molecule has 0 amide bonds. The van der Waals surface area contributed by atoms with Crippen LogP contribution in [0.3, 0.4) is 0 Å². The maximum absolute atomic E-state index is 5.20. The molecule has 2 rings (SSSR count). The van der Waals surface area contributed by atoms with Crippen LogP contribution in [0, 0.1) is 0 Å². The molecule has 0 bridgehead atoms. The molecule has 0 aliphatic heterocycles. The molecular weight excluding hydrogens is 192 g/mol. The minimum absolute atomic E-state index is 0.340. The van der Waals surface area contributed by atoms with Crippen LogP contribution >= 0.6 is 0 Å². The van der Waals surface area contributed by atoms with Crippen LogP contribution in [0.25, 0.3) is 10.9 Å². The van der Waals surface area contributed by atoms with Crippen LogP contribution in [0.5, 0.6) is 5.88 Å². The predicted octanol–water partition coefficient (Wildman–Crippen LogP) is 1.50. The molecule has 0 radical (unpaired) electrons. The quantitative estimate of drug-likeness (QED) is 0.747. The van der Waals surface area contributed by atoms with Gasteiger partial charge in [-0.05, 0) is 5.92 Å². The molecule has 5 nitrogen and oxygen atoms in total. The van der Waals surface area contributed by atoms with Crippen LogP contribution in [0.4, 0.5) is 0 Å². The maximum Gasteiger partial charge on any atom is 0.244 e. The summed E-state index contributed by atoms with van der Waals surface area (Å²) in [5, 5.41) is 13.3. The summed E-state index contributed by atoms with van der Waals surface area (Å²) in [5.41, 5.74) is 1.95. The van der Waals surface area contributed by atoms with E-state index >= 15 is 0 Å². The number of methoxy groups -OCH3 is 1. The van der Waals surface area contributed by atoms with Gasteiger partial charge in [0.2, 0.25) is 5.88 Å². The molecule has 5 heteroatoms. The largest absolute Gasteiger partial charge is 0.479 e. The Bertz CT molecular complexity index is 489. The second-order valence-electron chi connectivity index (χ2n) is 3.78.